The summed E-state index contributed by atoms with van der Waals surface area (Å²) in [7, 11) is 1.90. The third-order valence-electron chi connectivity index (χ3n) is 5.07. The first-order valence-corrected chi connectivity index (χ1v) is 12.1. The average Bonchev–Trinajstić information content (AvgIpc) is 3.49. The highest BCUT2D eigenvalue weighted by Crippen LogP contribution is 2.30. The third kappa shape index (κ3) is 4.66. The Hall–Kier alpha value is -3.14. The number of anilines is 1. The lowest BCUT2D eigenvalue weighted by atomic mass is 10.2. The van der Waals surface area contributed by atoms with Gasteiger partial charge in [0.05, 0.1) is 17.1 Å². The molecule has 0 aliphatic rings. The van der Waals surface area contributed by atoms with E-state index >= 15 is 0 Å². The van der Waals surface area contributed by atoms with Gasteiger partial charge in [0.1, 0.15) is 11.2 Å². The van der Waals surface area contributed by atoms with Crippen LogP contribution in [0.1, 0.15) is 20.9 Å². The van der Waals surface area contributed by atoms with Crippen LogP contribution < -0.4 is 5.32 Å². The molecule has 1 N–H and O–H groups in total. The molecule has 0 radical (unpaired) electrons. The number of amides is 1. The second kappa shape index (κ2) is 9.01. The van der Waals surface area contributed by atoms with Gasteiger partial charge in [-0.15, -0.1) is 21.5 Å². The zero-order chi connectivity index (χ0) is 22.9. The molecule has 0 aliphatic carbocycles. The molecule has 0 spiro atoms. The second-order valence-corrected chi connectivity index (χ2v) is 10.0. The second-order valence-electron chi connectivity index (χ2n) is 7.50. The number of nitrogens with one attached hydrogen (secondary N) is 1. The van der Waals surface area contributed by atoms with Crippen molar-refractivity contribution in [3.05, 3.63) is 82.1 Å². The third-order valence-corrected chi connectivity index (χ3v) is 7.53. The van der Waals surface area contributed by atoms with E-state index in [1.807, 2.05) is 77.8 Å². The van der Waals surface area contributed by atoms with Gasteiger partial charge >= 0.3 is 0 Å². The van der Waals surface area contributed by atoms with E-state index in [1.165, 1.54) is 23.1 Å². The van der Waals surface area contributed by atoms with Crippen LogP contribution in [0.3, 0.4) is 0 Å². The fraction of sp³-hybridized carbons (Fsp3) is 0.130. The normalized spacial score (nSPS) is 11.2. The monoisotopic (exact) mass is 494 g/mol. The summed E-state index contributed by atoms with van der Waals surface area (Å²) < 4.78 is 3.80. The van der Waals surface area contributed by atoms with Crippen LogP contribution in [-0.4, -0.2) is 30.5 Å². The number of thiophene rings is 1. The number of halogens is 1. The molecular weight excluding hydrogens is 476 g/mol. The van der Waals surface area contributed by atoms with Crippen LogP contribution in [0, 0.1) is 6.92 Å². The predicted octanol–water partition coefficient (Wildman–Crippen LogP) is 5.64. The Kier molecular flexibility index (Phi) is 5.92. The summed E-state index contributed by atoms with van der Waals surface area (Å²) in [6, 6.07) is 17.3. The fourth-order valence-corrected chi connectivity index (χ4v) is 5.31. The van der Waals surface area contributed by atoms with E-state index in [2.05, 4.69) is 20.6 Å². The Bertz CT molecular complexity index is 1440. The van der Waals surface area contributed by atoms with E-state index in [1.54, 1.807) is 6.33 Å². The quantitative estimate of drug-likeness (QED) is 0.330. The van der Waals surface area contributed by atoms with Gasteiger partial charge in [0, 0.05) is 28.0 Å². The summed E-state index contributed by atoms with van der Waals surface area (Å²) in [5.74, 6) is -0.137. The van der Waals surface area contributed by atoms with Crippen LogP contribution in [0.5, 0.6) is 0 Å². The molecule has 10 heteroatoms. The highest BCUT2D eigenvalue weighted by Gasteiger charge is 2.17. The Labute approximate surface area is 203 Å². The fourth-order valence-electron chi connectivity index (χ4n) is 3.36. The van der Waals surface area contributed by atoms with Gasteiger partial charge in [0.2, 0.25) is 0 Å². The minimum absolute atomic E-state index is 0.137. The van der Waals surface area contributed by atoms with E-state index in [0.29, 0.717) is 16.4 Å². The van der Waals surface area contributed by atoms with Crippen molar-refractivity contribution >= 4 is 56.5 Å². The first-order valence-electron chi connectivity index (χ1n) is 10.1. The Morgan fingerprint density at radius 3 is 2.61 bits per heavy atom. The molecule has 3 aromatic heterocycles. The molecule has 0 aliphatic heterocycles. The zero-order valence-corrected chi connectivity index (χ0v) is 20.2. The molecule has 1 amide bonds. The molecule has 5 aromatic rings. The van der Waals surface area contributed by atoms with Gasteiger partial charge in [-0.3, -0.25) is 9.48 Å². The minimum Gasteiger partial charge on any atom is -0.321 e. The summed E-state index contributed by atoms with van der Waals surface area (Å²) in [5.41, 5.74) is 2.74. The molecule has 33 heavy (non-hydrogen) atoms. The van der Waals surface area contributed by atoms with Crippen molar-refractivity contribution in [1.29, 1.82) is 0 Å². The number of rotatable bonds is 6. The van der Waals surface area contributed by atoms with Crippen LogP contribution in [0.2, 0.25) is 5.02 Å². The number of benzene rings is 2. The Balaban J connectivity index is 1.31. The van der Waals surface area contributed by atoms with Crippen molar-refractivity contribution in [3.8, 4) is 0 Å². The van der Waals surface area contributed by atoms with Crippen molar-refractivity contribution in [3.63, 3.8) is 0 Å². The Morgan fingerprint density at radius 1 is 1.15 bits per heavy atom. The van der Waals surface area contributed by atoms with Crippen molar-refractivity contribution in [2.75, 3.05) is 5.32 Å². The predicted molar refractivity (Wildman–Crippen MR) is 132 cm³/mol. The van der Waals surface area contributed by atoms with E-state index in [-0.39, 0.29) is 5.91 Å². The smallest absolute Gasteiger partial charge is 0.265 e. The van der Waals surface area contributed by atoms with Crippen molar-refractivity contribution in [1.82, 2.24) is 24.5 Å². The first-order chi connectivity index (χ1) is 16.0. The van der Waals surface area contributed by atoms with Crippen molar-refractivity contribution in [2.45, 2.75) is 23.5 Å². The molecule has 3 heterocycles. The molecule has 0 fully saturated rings. The largest absolute Gasteiger partial charge is 0.321 e. The number of carbonyl (C=O) groups is 1. The molecular formula is C23H19ClN6OS2. The lowest BCUT2D eigenvalue weighted by molar-refractivity contribution is 0.103. The molecule has 0 saturated heterocycles. The van der Waals surface area contributed by atoms with Crippen LogP contribution in [0.25, 0.3) is 10.2 Å². The van der Waals surface area contributed by atoms with Crippen molar-refractivity contribution < 1.29 is 4.79 Å². The van der Waals surface area contributed by atoms with Gasteiger partial charge in [-0.1, -0.05) is 23.7 Å². The van der Waals surface area contributed by atoms with Gasteiger partial charge in [0.15, 0.2) is 5.16 Å². The molecule has 166 valence electrons. The lowest BCUT2D eigenvalue weighted by Gasteiger charge is -2.05. The topological polar surface area (TPSA) is 77.6 Å². The number of fused-ring (bicyclic) bond motifs is 1. The van der Waals surface area contributed by atoms with E-state index in [4.69, 9.17) is 11.6 Å². The first kappa shape index (κ1) is 21.7. The summed E-state index contributed by atoms with van der Waals surface area (Å²) in [6.07, 6.45) is 1.67. The highest BCUT2D eigenvalue weighted by atomic mass is 35.5. The zero-order valence-electron chi connectivity index (χ0n) is 17.8. The summed E-state index contributed by atoms with van der Waals surface area (Å²) >= 11 is 8.95. The minimum atomic E-state index is -0.137. The number of nitrogens with zero attached hydrogens (tertiary/aromatic N) is 5. The van der Waals surface area contributed by atoms with E-state index in [9.17, 15) is 4.79 Å². The molecule has 5 rings (SSSR count). The number of aryl methyl sites for hydroxylation is 2. The maximum absolute atomic E-state index is 12.9. The highest BCUT2D eigenvalue weighted by molar-refractivity contribution is 7.99. The molecule has 0 bridgehead atoms. The van der Waals surface area contributed by atoms with Gasteiger partial charge in [0.25, 0.3) is 5.91 Å². The molecule has 0 unspecified atom stereocenters. The molecule has 0 saturated carbocycles. The van der Waals surface area contributed by atoms with Crippen molar-refractivity contribution in [2.24, 2.45) is 7.05 Å². The van der Waals surface area contributed by atoms with Gasteiger partial charge in [-0.05, 0) is 66.7 Å². The van der Waals surface area contributed by atoms with Crippen LogP contribution in [0.15, 0.2) is 71.0 Å². The summed E-state index contributed by atoms with van der Waals surface area (Å²) in [5, 5.41) is 18.1. The number of aromatic nitrogens is 5. The maximum Gasteiger partial charge on any atom is 0.265 e. The number of carbonyl (C=O) groups excluding carboxylic acids is 1. The van der Waals surface area contributed by atoms with Gasteiger partial charge in [-0.2, -0.15) is 5.10 Å². The van der Waals surface area contributed by atoms with Gasteiger partial charge < -0.3 is 9.88 Å². The molecule has 2 aromatic carbocycles. The van der Waals surface area contributed by atoms with Crippen LogP contribution >= 0.6 is 34.7 Å². The van der Waals surface area contributed by atoms with E-state index < -0.39 is 0 Å². The van der Waals surface area contributed by atoms with Crippen LogP contribution in [-0.2, 0) is 13.6 Å². The SMILES string of the molecule is Cc1nn(Cc2ccc(Cl)cc2)c2sc(C(=O)Nc3ccc(Sc4nncn4C)cc3)cc12. The molecule has 0 atom stereocenters. The Morgan fingerprint density at radius 2 is 1.91 bits per heavy atom. The summed E-state index contributed by atoms with van der Waals surface area (Å²) in [4.78, 5) is 15.6. The standard InChI is InChI=1S/C23H19ClN6OS2/c1-14-19-11-20(33-22(19)30(28-14)12-15-3-5-16(24)6-4-15)21(31)26-17-7-9-18(10-8-17)32-23-27-25-13-29(23)2/h3-11,13H,12H2,1-2H3,(H,26,31). The lowest BCUT2D eigenvalue weighted by Crippen LogP contribution is -2.10. The number of hydrogen-bond donors (Lipinski definition) is 1. The van der Waals surface area contributed by atoms with Crippen LogP contribution in [0.4, 0.5) is 5.69 Å². The average molecular weight is 495 g/mol. The van der Waals surface area contributed by atoms with E-state index in [0.717, 1.165) is 37.2 Å². The maximum atomic E-state index is 12.9. The molecule has 7 nitrogen and oxygen atoms in total. The van der Waals surface area contributed by atoms with Gasteiger partial charge in [-0.25, -0.2) is 0 Å². The summed E-state index contributed by atoms with van der Waals surface area (Å²) in [6.45, 7) is 2.58. The number of hydrogen-bond acceptors (Lipinski definition) is 6.